The number of phenolic OH excluding ortho intramolecular Hbond substituents is 5. The fraction of sp³-hybridized carbons (Fsp3) is 0.161. The monoisotopic (exact) mass is 524 g/mol. The van der Waals surface area contributed by atoms with E-state index in [9.17, 15) is 35.1 Å². The highest BCUT2D eigenvalue weighted by molar-refractivity contribution is 6.18. The molecule has 0 aliphatic heterocycles. The molecule has 0 fully saturated rings. The second kappa shape index (κ2) is 8.26. The van der Waals surface area contributed by atoms with E-state index in [1.54, 1.807) is 32.0 Å². The van der Waals surface area contributed by atoms with Crippen LogP contribution in [0.1, 0.15) is 77.1 Å². The van der Waals surface area contributed by atoms with Gasteiger partial charge in [0, 0.05) is 24.0 Å². The van der Waals surface area contributed by atoms with E-state index in [0.717, 1.165) is 6.07 Å². The van der Waals surface area contributed by atoms with Crippen LogP contribution in [0.15, 0.2) is 48.5 Å². The van der Waals surface area contributed by atoms with E-state index in [1.165, 1.54) is 31.4 Å². The van der Waals surface area contributed by atoms with E-state index in [1.807, 2.05) is 0 Å². The number of methoxy groups -OCH3 is 1. The lowest BCUT2D eigenvalue weighted by Crippen LogP contribution is -2.29. The molecule has 39 heavy (non-hydrogen) atoms. The summed E-state index contributed by atoms with van der Waals surface area (Å²) in [6.07, 6.45) is 0. The van der Waals surface area contributed by atoms with Crippen molar-refractivity contribution >= 4 is 11.6 Å². The molecule has 6 rings (SSSR count). The Balaban J connectivity index is 1.80. The zero-order chi connectivity index (χ0) is 27.9. The number of benzene rings is 4. The highest BCUT2D eigenvalue weighted by Crippen LogP contribution is 2.56. The predicted molar refractivity (Wildman–Crippen MR) is 141 cm³/mol. The second-order valence-electron chi connectivity index (χ2n) is 10.2. The van der Waals surface area contributed by atoms with Crippen LogP contribution in [-0.2, 0) is 0 Å². The van der Waals surface area contributed by atoms with E-state index < -0.39 is 29.2 Å². The van der Waals surface area contributed by atoms with Crippen molar-refractivity contribution < 1.29 is 39.9 Å². The third-order valence-electron chi connectivity index (χ3n) is 7.66. The summed E-state index contributed by atoms with van der Waals surface area (Å²) in [5.41, 5.74) is 2.67. The van der Waals surface area contributed by atoms with Gasteiger partial charge in [0.2, 0.25) is 11.6 Å². The minimum absolute atomic E-state index is 0.000170. The molecule has 0 aromatic heterocycles. The van der Waals surface area contributed by atoms with Crippen molar-refractivity contribution in [1.29, 1.82) is 0 Å². The molecule has 2 atom stereocenters. The summed E-state index contributed by atoms with van der Waals surface area (Å²) in [4.78, 5) is 27.4. The Kier molecular flexibility index (Phi) is 5.16. The van der Waals surface area contributed by atoms with E-state index in [-0.39, 0.29) is 56.6 Å². The molecule has 8 heteroatoms. The predicted octanol–water partition coefficient (Wildman–Crippen LogP) is 4.89. The first-order valence-corrected chi connectivity index (χ1v) is 12.2. The summed E-state index contributed by atoms with van der Waals surface area (Å²) in [5, 5.41) is 54.2. The molecule has 196 valence electrons. The number of hydrogen-bond donors (Lipinski definition) is 5. The highest BCUT2D eigenvalue weighted by atomic mass is 16.5. The third-order valence-corrected chi connectivity index (χ3v) is 7.66. The van der Waals surface area contributed by atoms with Crippen molar-refractivity contribution in [2.24, 2.45) is 0 Å². The van der Waals surface area contributed by atoms with Crippen LogP contribution < -0.4 is 4.74 Å². The van der Waals surface area contributed by atoms with Crippen molar-refractivity contribution in [3.05, 3.63) is 104 Å². The fourth-order valence-electron chi connectivity index (χ4n) is 6.24. The van der Waals surface area contributed by atoms with Gasteiger partial charge < -0.3 is 30.3 Å². The number of aryl methyl sites for hydroxylation is 2. The molecule has 0 spiro atoms. The van der Waals surface area contributed by atoms with Gasteiger partial charge in [-0.25, -0.2) is 0 Å². The van der Waals surface area contributed by atoms with Crippen LogP contribution in [0.4, 0.5) is 0 Å². The fourth-order valence-corrected chi connectivity index (χ4v) is 6.24. The molecule has 8 nitrogen and oxygen atoms in total. The third kappa shape index (κ3) is 3.38. The van der Waals surface area contributed by atoms with Gasteiger partial charge in [0.1, 0.15) is 34.5 Å². The van der Waals surface area contributed by atoms with E-state index in [0.29, 0.717) is 27.8 Å². The maximum Gasteiger partial charge on any atom is 0.201 e. The highest BCUT2D eigenvalue weighted by Gasteiger charge is 2.46. The molecule has 4 aromatic rings. The van der Waals surface area contributed by atoms with Gasteiger partial charge in [-0.05, 0) is 71.5 Å². The zero-order valence-corrected chi connectivity index (χ0v) is 21.2. The number of fused-ring (bicyclic) bond motifs is 4. The molecule has 4 aromatic carbocycles. The Morgan fingerprint density at radius 3 is 1.38 bits per heavy atom. The molecule has 0 bridgehead atoms. The molecule has 2 aliphatic rings. The summed E-state index contributed by atoms with van der Waals surface area (Å²) in [5.74, 6) is -4.18. The van der Waals surface area contributed by atoms with Crippen LogP contribution in [0.3, 0.4) is 0 Å². The Hall–Kier alpha value is -4.98. The van der Waals surface area contributed by atoms with Crippen molar-refractivity contribution in [3.63, 3.8) is 0 Å². The van der Waals surface area contributed by atoms with Gasteiger partial charge >= 0.3 is 0 Å². The van der Waals surface area contributed by atoms with Crippen molar-refractivity contribution in [2.75, 3.05) is 7.11 Å². The van der Waals surface area contributed by atoms with Crippen LogP contribution in [0, 0.1) is 13.8 Å². The van der Waals surface area contributed by atoms with Crippen LogP contribution in [0.25, 0.3) is 0 Å². The van der Waals surface area contributed by atoms with Gasteiger partial charge in [0.25, 0.3) is 0 Å². The lowest BCUT2D eigenvalue weighted by Gasteiger charge is -2.38. The maximum absolute atomic E-state index is 13.7. The molecular weight excluding hydrogens is 500 g/mol. The first-order valence-electron chi connectivity index (χ1n) is 12.2. The van der Waals surface area contributed by atoms with E-state index >= 15 is 0 Å². The average molecular weight is 525 g/mol. The number of ketones is 2. The van der Waals surface area contributed by atoms with Gasteiger partial charge in [-0.15, -0.1) is 0 Å². The van der Waals surface area contributed by atoms with Crippen LogP contribution >= 0.6 is 0 Å². The number of phenols is 5. The lowest BCUT2D eigenvalue weighted by molar-refractivity contribution is 0.101. The number of rotatable bonds is 2. The topological polar surface area (TPSA) is 145 Å². The Morgan fingerprint density at radius 2 is 0.923 bits per heavy atom. The maximum atomic E-state index is 13.7. The summed E-state index contributed by atoms with van der Waals surface area (Å²) in [6.45, 7) is 3.52. The quantitative estimate of drug-likeness (QED) is 0.249. The number of ether oxygens (including phenoxy) is 1. The van der Waals surface area contributed by atoms with Gasteiger partial charge in [-0.2, -0.15) is 0 Å². The van der Waals surface area contributed by atoms with Gasteiger partial charge in [0.15, 0.2) is 0 Å². The average Bonchev–Trinajstić information content (AvgIpc) is 2.83. The zero-order valence-electron chi connectivity index (χ0n) is 21.2. The standard InChI is InChI=1S/C31H24O8/c1-12-4-16-24(18-8-14(32)9-22(35)28(18)30(37)26(16)20(33)6-12)25-17-5-13(2)7-21(34)27(17)31(38)29-19(25)10-15(39-3)11-23(29)36/h4-11,24-25,32-36H,1-3H3. The molecule has 0 saturated heterocycles. The molecule has 0 radical (unpaired) electrons. The molecular formula is C31H24O8. The summed E-state index contributed by atoms with van der Waals surface area (Å²) in [6, 6.07) is 11.8. The van der Waals surface area contributed by atoms with Gasteiger partial charge in [-0.3, -0.25) is 9.59 Å². The Morgan fingerprint density at radius 1 is 0.538 bits per heavy atom. The van der Waals surface area contributed by atoms with Crippen molar-refractivity contribution in [1.82, 2.24) is 0 Å². The molecule has 0 amide bonds. The molecule has 2 aliphatic carbocycles. The summed E-state index contributed by atoms with van der Waals surface area (Å²) < 4.78 is 5.41. The van der Waals surface area contributed by atoms with E-state index in [4.69, 9.17) is 4.74 Å². The summed E-state index contributed by atoms with van der Waals surface area (Å²) in [7, 11) is 1.42. The first kappa shape index (κ1) is 24.4. The van der Waals surface area contributed by atoms with Crippen LogP contribution in [-0.4, -0.2) is 44.2 Å². The molecule has 0 heterocycles. The van der Waals surface area contributed by atoms with Crippen molar-refractivity contribution in [3.8, 4) is 34.5 Å². The molecule has 2 unspecified atom stereocenters. The van der Waals surface area contributed by atoms with E-state index in [2.05, 4.69) is 0 Å². The minimum Gasteiger partial charge on any atom is -0.508 e. The minimum atomic E-state index is -0.838. The van der Waals surface area contributed by atoms with Crippen LogP contribution in [0.5, 0.6) is 34.5 Å². The number of aromatic hydroxyl groups is 5. The van der Waals surface area contributed by atoms with Gasteiger partial charge in [-0.1, -0.05) is 12.1 Å². The Labute approximate surface area is 223 Å². The van der Waals surface area contributed by atoms with Gasteiger partial charge in [0.05, 0.1) is 29.4 Å². The largest absolute Gasteiger partial charge is 0.508 e. The van der Waals surface area contributed by atoms with Crippen LogP contribution in [0.2, 0.25) is 0 Å². The normalized spacial score (nSPS) is 17.2. The molecule has 0 saturated carbocycles. The smallest absolute Gasteiger partial charge is 0.201 e. The molecule has 5 N–H and O–H groups in total. The SMILES string of the molecule is COc1cc(O)c2c(c1)C(C1c3cc(C)cc(O)c3C(=O)c3c(O)cc(O)cc31)c1cc(C)cc(O)c1C2=O. The number of carbonyl (C=O) groups is 2. The lowest BCUT2D eigenvalue weighted by atomic mass is 9.63. The summed E-state index contributed by atoms with van der Waals surface area (Å²) >= 11 is 0. The second-order valence-corrected chi connectivity index (χ2v) is 10.2. The first-order chi connectivity index (χ1) is 18.5. The van der Waals surface area contributed by atoms with Crippen molar-refractivity contribution in [2.45, 2.75) is 25.7 Å². The Bertz CT molecular complexity index is 1710. The number of carbonyl (C=O) groups excluding carboxylic acids is 2. The number of hydrogen-bond acceptors (Lipinski definition) is 8.